The summed E-state index contributed by atoms with van der Waals surface area (Å²) in [5.41, 5.74) is 1.10. The first-order chi connectivity index (χ1) is 17.1. The Labute approximate surface area is 233 Å². The average Bonchev–Trinajstić information content (AvgIpc) is 3.13. The molecule has 1 amide bonds. The number of aromatic nitrogens is 1. The van der Waals surface area contributed by atoms with Gasteiger partial charge in [-0.05, 0) is 71.0 Å². The van der Waals surface area contributed by atoms with E-state index in [9.17, 15) is 4.79 Å². The molecule has 0 unspecified atom stereocenters. The fourth-order valence-electron chi connectivity index (χ4n) is 5.31. The molecule has 1 aliphatic carbocycles. The van der Waals surface area contributed by atoms with Crippen LogP contribution in [-0.4, -0.2) is 67.4 Å². The number of carbonyl (C=O) groups excluding carboxylic acids is 1. The maximum absolute atomic E-state index is 13.9. The van der Waals surface area contributed by atoms with Crippen LogP contribution in [0.5, 0.6) is 11.5 Å². The van der Waals surface area contributed by atoms with Crippen molar-refractivity contribution in [1.82, 2.24) is 15.2 Å². The number of nitrogens with zero attached hydrogens (tertiary/aromatic N) is 2. The first-order valence-corrected chi connectivity index (χ1v) is 13.3. The summed E-state index contributed by atoms with van der Waals surface area (Å²) >= 11 is 0. The number of rotatable bonds is 9. The maximum atomic E-state index is 13.9. The van der Waals surface area contributed by atoms with Gasteiger partial charge in [-0.1, -0.05) is 18.9 Å². The molecule has 1 N–H and O–H groups in total. The third-order valence-corrected chi connectivity index (χ3v) is 7.08. The molecule has 208 valence electrons. The lowest BCUT2D eigenvalue weighted by Gasteiger charge is -2.37. The highest BCUT2D eigenvalue weighted by molar-refractivity contribution is 5.98. The van der Waals surface area contributed by atoms with E-state index >= 15 is 0 Å². The highest BCUT2D eigenvalue weighted by Crippen LogP contribution is 2.34. The number of methoxy groups -OCH3 is 1. The number of hydrogen-bond donors (Lipinski definition) is 1. The van der Waals surface area contributed by atoms with E-state index < -0.39 is 0 Å². The molecule has 1 aromatic carbocycles. The van der Waals surface area contributed by atoms with Crippen LogP contribution in [0.4, 0.5) is 0 Å². The molecule has 0 radical (unpaired) electrons. The van der Waals surface area contributed by atoms with Gasteiger partial charge in [-0.25, -0.2) is 4.98 Å². The Bertz CT molecular complexity index is 977. The third-order valence-electron chi connectivity index (χ3n) is 7.08. The van der Waals surface area contributed by atoms with Gasteiger partial charge in [0.1, 0.15) is 29.3 Å². The van der Waals surface area contributed by atoms with Gasteiger partial charge in [0.2, 0.25) is 0 Å². The van der Waals surface area contributed by atoms with Crippen LogP contribution < -0.4 is 14.8 Å². The zero-order valence-electron chi connectivity index (χ0n) is 22.4. The van der Waals surface area contributed by atoms with Crippen LogP contribution in [0.2, 0.25) is 0 Å². The normalized spacial score (nSPS) is 18.4. The van der Waals surface area contributed by atoms with Gasteiger partial charge in [0, 0.05) is 37.2 Å². The summed E-state index contributed by atoms with van der Waals surface area (Å²) in [5, 5.41) is 4.30. The van der Waals surface area contributed by atoms with E-state index in [1.54, 1.807) is 13.2 Å². The molecule has 1 aromatic heterocycles. The second-order valence-corrected chi connectivity index (χ2v) is 10.0. The summed E-state index contributed by atoms with van der Waals surface area (Å²) in [6, 6.07) is 7.96. The number of pyridine rings is 1. The molecule has 1 atom stereocenters. The van der Waals surface area contributed by atoms with Gasteiger partial charge in [0.25, 0.3) is 5.91 Å². The highest BCUT2D eigenvalue weighted by Gasteiger charge is 2.30. The number of ether oxygens (including phenoxy) is 3. The second kappa shape index (κ2) is 15.6. The predicted molar refractivity (Wildman–Crippen MR) is 153 cm³/mol. The van der Waals surface area contributed by atoms with Gasteiger partial charge < -0.3 is 24.4 Å². The molecular formula is C28H43Cl2N3O4. The molecule has 2 fully saturated rings. The third kappa shape index (κ3) is 8.09. The molecule has 0 bridgehead atoms. The van der Waals surface area contributed by atoms with Gasteiger partial charge in [0.15, 0.2) is 0 Å². The number of fused-ring (bicyclic) bond motifs is 1. The van der Waals surface area contributed by atoms with Crippen molar-refractivity contribution in [3.8, 4) is 11.5 Å². The molecule has 2 heterocycles. The number of nitrogens with one attached hydrogen (secondary N) is 1. The SMILES string of the molecule is COCCOc1cc(C(=O)N(C(C)C)[C@@H]2CCCNC2)nc2c(OC3CCCCCC3)cccc12.Cl.Cl. The van der Waals surface area contributed by atoms with Crippen molar-refractivity contribution in [2.45, 2.75) is 83.4 Å². The van der Waals surface area contributed by atoms with Crippen molar-refractivity contribution < 1.29 is 19.0 Å². The van der Waals surface area contributed by atoms with Gasteiger partial charge >= 0.3 is 0 Å². The summed E-state index contributed by atoms with van der Waals surface area (Å²) in [6.07, 6.45) is 9.28. The first kappa shape index (κ1) is 31.4. The van der Waals surface area contributed by atoms with E-state index in [1.165, 1.54) is 25.7 Å². The lowest BCUT2D eigenvalue weighted by Crippen LogP contribution is -2.51. The second-order valence-electron chi connectivity index (χ2n) is 10.0. The first-order valence-electron chi connectivity index (χ1n) is 13.3. The van der Waals surface area contributed by atoms with Crippen LogP contribution in [0.15, 0.2) is 24.3 Å². The molecule has 7 nitrogen and oxygen atoms in total. The zero-order valence-corrected chi connectivity index (χ0v) is 24.0. The van der Waals surface area contributed by atoms with Gasteiger partial charge in [0.05, 0.1) is 12.7 Å². The number of hydrogen-bond acceptors (Lipinski definition) is 6. The van der Waals surface area contributed by atoms with Crippen molar-refractivity contribution in [3.63, 3.8) is 0 Å². The molecule has 9 heteroatoms. The summed E-state index contributed by atoms with van der Waals surface area (Å²) in [6.45, 7) is 6.83. The molecule has 0 spiro atoms. The number of carbonyl (C=O) groups is 1. The Morgan fingerprint density at radius 3 is 2.46 bits per heavy atom. The maximum Gasteiger partial charge on any atom is 0.273 e. The number of para-hydroxylation sites is 1. The van der Waals surface area contributed by atoms with Gasteiger partial charge in [-0.3, -0.25) is 4.79 Å². The summed E-state index contributed by atoms with van der Waals surface area (Å²) in [4.78, 5) is 20.8. The molecule has 2 aliphatic rings. The van der Waals surface area contributed by atoms with Gasteiger partial charge in [-0.15, -0.1) is 24.8 Å². The fraction of sp³-hybridized carbons (Fsp3) is 0.643. The Morgan fingerprint density at radius 2 is 1.81 bits per heavy atom. The fourth-order valence-corrected chi connectivity index (χ4v) is 5.31. The zero-order chi connectivity index (χ0) is 24.6. The van der Waals surface area contributed by atoms with Crippen LogP contribution in [-0.2, 0) is 4.74 Å². The number of halogens is 2. The van der Waals surface area contributed by atoms with Crippen molar-refractivity contribution in [1.29, 1.82) is 0 Å². The molecule has 1 saturated carbocycles. The molecule has 37 heavy (non-hydrogen) atoms. The Morgan fingerprint density at radius 1 is 1.05 bits per heavy atom. The Hall–Kier alpha value is -1.80. The minimum atomic E-state index is -0.0588. The lowest BCUT2D eigenvalue weighted by atomic mass is 10.0. The monoisotopic (exact) mass is 555 g/mol. The van der Waals surface area contributed by atoms with Crippen molar-refractivity contribution in [2.75, 3.05) is 33.4 Å². The van der Waals surface area contributed by atoms with Crippen molar-refractivity contribution in [3.05, 3.63) is 30.0 Å². The molecular weight excluding hydrogens is 513 g/mol. The van der Waals surface area contributed by atoms with E-state index in [0.29, 0.717) is 30.2 Å². The largest absolute Gasteiger partial charge is 0.490 e. The summed E-state index contributed by atoms with van der Waals surface area (Å²) < 4.78 is 17.8. The predicted octanol–water partition coefficient (Wildman–Crippen LogP) is 5.81. The van der Waals surface area contributed by atoms with E-state index in [4.69, 9.17) is 19.2 Å². The summed E-state index contributed by atoms with van der Waals surface area (Å²) in [5.74, 6) is 1.32. The molecule has 1 aliphatic heterocycles. The molecule has 2 aromatic rings. The topological polar surface area (TPSA) is 72.9 Å². The van der Waals surface area contributed by atoms with E-state index in [-0.39, 0.29) is 48.9 Å². The standard InChI is InChI=1S/C28H41N3O4.2ClH/c1-20(2)31(21-10-9-15-29-19-21)28(32)24-18-26(34-17-16-33-3)23-13-8-14-25(27(23)30-24)35-22-11-6-4-5-7-12-22;;/h8,13-14,18,20-22,29H,4-7,9-12,15-17,19H2,1-3H3;2*1H/t21-;;/m1../s1. The number of benzene rings is 1. The smallest absolute Gasteiger partial charge is 0.273 e. The minimum Gasteiger partial charge on any atom is -0.490 e. The number of piperidine rings is 1. The van der Waals surface area contributed by atoms with E-state index in [0.717, 1.165) is 49.9 Å². The van der Waals surface area contributed by atoms with Crippen molar-refractivity contribution in [2.24, 2.45) is 0 Å². The minimum absolute atomic E-state index is 0. The van der Waals surface area contributed by atoms with E-state index in [1.807, 2.05) is 23.1 Å². The van der Waals surface area contributed by atoms with Crippen LogP contribution in [0.1, 0.15) is 75.7 Å². The highest BCUT2D eigenvalue weighted by atomic mass is 35.5. The summed E-state index contributed by atoms with van der Waals surface area (Å²) in [7, 11) is 1.65. The molecule has 4 rings (SSSR count). The van der Waals surface area contributed by atoms with E-state index in [2.05, 4.69) is 19.2 Å². The lowest BCUT2D eigenvalue weighted by molar-refractivity contribution is 0.0567. The van der Waals surface area contributed by atoms with Crippen LogP contribution in [0.3, 0.4) is 0 Å². The van der Waals surface area contributed by atoms with Crippen LogP contribution in [0, 0.1) is 0 Å². The van der Waals surface area contributed by atoms with Crippen LogP contribution >= 0.6 is 24.8 Å². The van der Waals surface area contributed by atoms with Crippen molar-refractivity contribution >= 4 is 41.6 Å². The molecule has 1 saturated heterocycles. The van der Waals surface area contributed by atoms with Gasteiger partial charge in [-0.2, -0.15) is 0 Å². The average molecular weight is 557 g/mol. The van der Waals surface area contributed by atoms with Crippen LogP contribution in [0.25, 0.3) is 10.9 Å². The quantitative estimate of drug-likeness (QED) is 0.311. The Kier molecular flexibility index (Phi) is 13.2. The number of amides is 1. The Balaban J connectivity index is 0.00000241.